The highest BCUT2D eigenvalue weighted by atomic mass is 35.5. The third-order valence-corrected chi connectivity index (χ3v) is 8.37. The Morgan fingerprint density at radius 3 is 2.29 bits per heavy atom. The number of fused-ring (bicyclic) bond motifs is 1. The average molecular weight is 557 g/mol. The summed E-state index contributed by atoms with van der Waals surface area (Å²) in [6.07, 6.45) is 0. The monoisotopic (exact) mass is 556 g/mol. The van der Waals surface area contributed by atoms with Crippen LogP contribution in [0, 0.1) is 0 Å². The Kier molecular flexibility index (Phi) is 7.68. The quantitative estimate of drug-likeness (QED) is 0.340. The molecule has 0 aliphatic carbocycles. The van der Waals surface area contributed by atoms with E-state index in [4.69, 9.17) is 16.3 Å². The molecule has 200 valence electrons. The van der Waals surface area contributed by atoms with Gasteiger partial charge in [-0.25, -0.2) is 13.2 Å². The number of imidazole rings is 1. The van der Waals surface area contributed by atoms with Gasteiger partial charge in [-0.05, 0) is 69.0 Å². The van der Waals surface area contributed by atoms with Gasteiger partial charge in [0, 0.05) is 18.1 Å². The predicted octanol–water partition coefficient (Wildman–Crippen LogP) is 3.14. The summed E-state index contributed by atoms with van der Waals surface area (Å²) in [5, 5.41) is 3.19. The molecule has 1 amide bonds. The average Bonchev–Trinajstić information content (AvgIpc) is 3.20. The number of ether oxygens (including phenoxy) is 1. The molecule has 0 aliphatic heterocycles. The number of rotatable bonds is 9. The van der Waals surface area contributed by atoms with Gasteiger partial charge in [0.1, 0.15) is 5.75 Å². The summed E-state index contributed by atoms with van der Waals surface area (Å²) in [7, 11) is 0.872. The number of amides is 1. The van der Waals surface area contributed by atoms with Gasteiger partial charge in [-0.3, -0.25) is 9.36 Å². The van der Waals surface area contributed by atoms with Gasteiger partial charge in [-0.2, -0.15) is 3.97 Å². The first-order chi connectivity index (χ1) is 18.0. The molecule has 3 aromatic carbocycles. The fourth-order valence-electron chi connectivity index (χ4n) is 4.35. The van der Waals surface area contributed by atoms with Crippen molar-refractivity contribution in [3.8, 4) is 5.75 Å². The summed E-state index contributed by atoms with van der Waals surface area (Å²) in [6, 6.07) is 19.0. The molecular weight excluding hydrogens is 528 g/mol. The minimum Gasteiger partial charge on any atom is -0.497 e. The van der Waals surface area contributed by atoms with Crippen molar-refractivity contribution in [3.63, 3.8) is 0 Å². The zero-order valence-electron chi connectivity index (χ0n) is 21.5. The molecule has 9 nitrogen and oxygen atoms in total. The van der Waals surface area contributed by atoms with E-state index in [0.717, 1.165) is 3.97 Å². The van der Waals surface area contributed by atoms with Gasteiger partial charge in [0.2, 0.25) is 0 Å². The Hall–Kier alpha value is -3.60. The predicted molar refractivity (Wildman–Crippen MR) is 148 cm³/mol. The molecule has 1 aromatic heterocycles. The van der Waals surface area contributed by atoms with Crippen molar-refractivity contribution < 1.29 is 17.9 Å². The molecule has 38 heavy (non-hydrogen) atoms. The molecule has 11 heteroatoms. The molecule has 1 atom stereocenters. The van der Waals surface area contributed by atoms with Crippen molar-refractivity contribution in [2.45, 2.75) is 17.4 Å². The van der Waals surface area contributed by atoms with E-state index < -0.39 is 27.2 Å². The minimum atomic E-state index is -4.36. The van der Waals surface area contributed by atoms with Gasteiger partial charge < -0.3 is 15.0 Å². The van der Waals surface area contributed by atoms with Gasteiger partial charge in [0.25, 0.3) is 15.9 Å². The summed E-state index contributed by atoms with van der Waals surface area (Å²) >= 11 is 6.32. The highest BCUT2D eigenvalue weighted by Crippen LogP contribution is 2.32. The van der Waals surface area contributed by atoms with Crippen LogP contribution in [-0.4, -0.2) is 62.1 Å². The lowest BCUT2D eigenvalue weighted by atomic mass is 9.90. The summed E-state index contributed by atoms with van der Waals surface area (Å²) in [5.74, 6) is 0.00470. The second-order valence-corrected chi connectivity index (χ2v) is 11.4. The fourth-order valence-corrected chi connectivity index (χ4v) is 5.91. The number of hydrogen-bond donors (Lipinski definition) is 1. The highest BCUT2D eigenvalue weighted by molar-refractivity contribution is 7.90. The van der Waals surface area contributed by atoms with Crippen molar-refractivity contribution in [2.24, 2.45) is 0 Å². The molecule has 0 bridgehead atoms. The van der Waals surface area contributed by atoms with Crippen molar-refractivity contribution in [1.29, 1.82) is 0 Å². The number of benzene rings is 3. The van der Waals surface area contributed by atoms with Gasteiger partial charge in [0.15, 0.2) is 5.54 Å². The third kappa shape index (κ3) is 4.82. The largest absolute Gasteiger partial charge is 0.497 e. The molecule has 1 N–H and O–H groups in total. The Morgan fingerprint density at radius 1 is 1.03 bits per heavy atom. The van der Waals surface area contributed by atoms with Crippen LogP contribution >= 0.6 is 11.6 Å². The minimum absolute atomic E-state index is 0.0958. The van der Waals surface area contributed by atoms with Crippen LogP contribution in [0.15, 0.2) is 82.5 Å². The van der Waals surface area contributed by atoms with E-state index in [9.17, 15) is 18.0 Å². The van der Waals surface area contributed by atoms with Gasteiger partial charge >= 0.3 is 5.69 Å². The van der Waals surface area contributed by atoms with E-state index in [1.807, 2.05) is 19.0 Å². The Morgan fingerprint density at radius 2 is 1.68 bits per heavy atom. The molecule has 1 heterocycles. The Bertz CT molecular complexity index is 1630. The molecule has 0 saturated carbocycles. The van der Waals surface area contributed by atoms with Crippen LogP contribution in [-0.2, 0) is 20.4 Å². The van der Waals surface area contributed by atoms with E-state index in [0.29, 0.717) is 24.4 Å². The number of nitrogens with one attached hydrogen (secondary N) is 1. The van der Waals surface area contributed by atoms with E-state index in [-0.39, 0.29) is 21.0 Å². The van der Waals surface area contributed by atoms with E-state index in [2.05, 4.69) is 5.32 Å². The first-order valence-corrected chi connectivity index (χ1v) is 13.6. The van der Waals surface area contributed by atoms with Crippen LogP contribution in [0.1, 0.15) is 12.5 Å². The van der Waals surface area contributed by atoms with Crippen LogP contribution < -0.4 is 15.7 Å². The maximum Gasteiger partial charge on any atom is 0.344 e. The van der Waals surface area contributed by atoms with Gasteiger partial charge in [-0.1, -0.05) is 41.9 Å². The second kappa shape index (κ2) is 10.6. The molecule has 0 fully saturated rings. The maximum atomic E-state index is 14.1. The number of aromatic nitrogens is 2. The van der Waals surface area contributed by atoms with Gasteiger partial charge in [-0.15, -0.1) is 0 Å². The number of carbonyl (C=O) groups is 1. The first kappa shape index (κ1) is 27.4. The number of nitrogens with zero attached hydrogens (tertiary/aromatic N) is 3. The molecule has 0 radical (unpaired) electrons. The van der Waals surface area contributed by atoms with E-state index in [1.165, 1.54) is 54.1 Å². The van der Waals surface area contributed by atoms with Crippen LogP contribution in [0.25, 0.3) is 11.0 Å². The highest BCUT2D eigenvalue weighted by Gasteiger charge is 2.42. The molecular formula is C27H29ClN4O5S. The maximum absolute atomic E-state index is 14.1. The normalized spacial score (nSPS) is 13.4. The van der Waals surface area contributed by atoms with Crippen molar-refractivity contribution >= 4 is 38.6 Å². The number of likely N-dealkylation sites (N-methyl/N-ethyl adjacent to an activating group) is 1. The summed E-state index contributed by atoms with van der Waals surface area (Å²) < 4.78 is 34.7. The van der Waals surface area contributed by atoms with Crippen molar-refractivity contribution in [2.75, 3.05) is 34.3 Å². The van der Waals surface area contributed by atoms with Crippen molar-refractivity contribution in [1.82, 2.24) is 18.8 Å². The fraction of sp³-hybridized carbons (Fsp3) is 0.259. The van der Waals surface area contributed by atoms with Crippen LogP contribution in [0.5, 0.6) is 5.75 Å². The SMILES string of the molecule is COc1ccc(S(=O)(=O)n2c(=O)n(C(C)(C(=O)NCCN(C)C)c3ccccc3)c3cc(Cl)ccc32)cc1. The van der Waals surface area contributed by atoms with E-state index in [1.54, 1.807) is 37.3 Å². The molecule has 1 unspecified atom stereocenters. The van der Waals surface area contributed by atoms with E-state index >= 15 is 0 Å². The molecule has 4 rings (SSSR count). The van der Waals surface area contributed by atoms with Gasteiger partial charge in [0.05, 0.1) is 23.0 Å². The molecule has 0 aliphatic rings. The Labute approximate surface area is 226 Å². The zero-order valence-corrected chi connectivity index (χ0v) is 23.1. The summed E-state index contributed by atoms with van der Waals surface area (Å²) in [5.41, 5.74) is -1.70. The van der Waals surface area contributed by atoms with Crippen molar-refractivity contribution in [3.05, 3.63) is 93.9 Å². The lowest BCUT2D eigenvalue weighted by molar-refractivity contribution is -0.127. The first-order valence-electron chi connectivity index (χ1n) is 11.8. The lowest BCUT2D eigenvalue weighted by Crippen LogP contribution is -2.52. The second-order valence-electron chi connectivity index (χ2n) is 9.19. The molecule has 0 saturated heterocycles. The smallest absolute Gasteiger partial charge is 0.344 e. The topological polar surface area (TPSA) is 103 Å². The number of methoxy groups -OCH3 is 1. The lowest BCUT2D eigenvalue weighted by Gasteiger charge is -2.31. The number of carbonyl (C=O) groups excluding carboxylic acids is 1. The number of halogens is 1. The third-order valence-electron chi connectivity index (χ3n) is 6.43. The van der Waals surface area contributed by atoms with Crippen LogP contribution in [0.4, 0.5) is 0 Å². The van der Waals surface area contributed by atoms with Crippen LogP contribution in [0.3, 0.4) is 0 Å². The Balaban J connectivity index is 2.01. The molecule has 4 aromatic rings. The molecule has 0 spiro atoms. The zero-order chi connectivity index (χ0) is 27.7. The summed E-state index contributed by atoms with van der Waals surface area (Å²) in [4.78, 5) is 29.8. The number of hydrogen-bond acceptors (Lipinski definition) is 6. The van der Waals surface area contributed by atoms with Crippen LogP contribution in [0.2, 0.25) is 5.02 Å². The standard InChI is InChI=1S/C27H29ClN4O5S/c1-27(19-8-6-5-7-9-19,25(33)29-16-17-30(2)3)31-24-18-20(28)10-15-23(24)32(26(31)34)38(35,36)22-13-11-21(37-4)12-14-22/h5-15,18H,16-17H2,1-4H3,(H,29,33). The summed E-state index contributed by atoms with van der Waals surface area (Å²) in [6.45, 7) is 2.50.